The Morgan fingerprint density at radius 1 is 1.16 bits per heavy atom. The Morgan fingerprint density at radius 3 is 2.26 bits per heavy atom. The van der Waals surface area contributed by atoms with Gasteiger partial charge in [-0.1, -0.05) is 20.8 Å². The van der Waals surface area contributed by atoms with E-state index in [0.29, 0.717) is 5.41 Å². The van der Waals surface area contributed by atoms with E-state index in [-0.39, 0.29) is 5.91 Å². The summed E-state index contributed by atoms with van der Waals surface area (Å²) in [5.41, 5.74) is 1.05. The molecule has 104 valence electrons. The summed E-state index contributed by atoms with van der Waals surface area (Å²) in [6.45, 7) is 11.4. The van der Waals surface area contributed by atoms with Gasteiger partial charge in [0, 0.05) is 50.7 Å². The third kappa shape index (κ3) is 4.03. The predicted molar refractivity (Wildman–Crippen MR) is 76.0 cm³/mol. The summed E-state index contributed by atoms with van der Waals surface area (Å²) in [5, 5.41) is 0. The second-order valence-corrected chi connectivity index (χ2v) is 6.36. The first-order valence-corrected chi connectivity index (χ1v) is 6.87. The number of rotatable bonds is 2. The van der Waals surface area contributed by atoms with Gasteiger partial charge in [0.05, 0.1) is 0 Å². The highest BCUT2D eigenvalue weighted by atomic mass is 16.2. The highest BCUT2D eigenvalue weighted by molar-refractivity contribution is 5.94. The fourth-order valence-corrected chi connectivity index (χ4v) is 2.46. The minimum Gasteiger partial charge on any atom is -0.336 e. The van der Waals surface area contributed by atoms with Gasteiger partial charge >= 0.3 is 0 Å². The standard InChI is InChI=1S/C15H23N3O/c1-15(2,3)12-17-8-10-18(11-9-17)14(19)13-4-6-16-7-5-13/h4-7H,8-12H2,1-3H3. The molecule has 0 saturated carbocycles. The number of aromatic nitrogens is 1. The van der Waals surface area contributed by atoms with Crippen LogP contribution in [0.5, 0.6) is 0 Å². The molecule has 1 aliphatic rings. The summed E-state index contributed by atoms with van der Waals surface area (Å²) in [4.78, 5) is 20.6. The van der Waals surface area contributed by atoms with Crippen LogP contribution in [0.4, 0.5) is 0 Å². The summed E-state index contributed by atoms with van der Waals surface area (Å²) in [7, 11) is 0. The van der Waals surface area contributed by atoms with Crippen molar-refractivity contribution in [2.24, 2.45) is 5.41 Å². The van der Waals surface area contributed by atoms with E-state index in [2.05, 4.69) is 30.7 Å². The lowest BCUT2D eigenvalue weighted by Gasteiger charge is -2.37. The molecule has 0 spiro atoms. The highest BCUT2D eigenvalue weighted by Gasteiger charge is 2.24. The van der Waals surface area contributed by atoms with Crippen molar-refractivity contribution in [3.63, 3.8) is 0 Å². The summed E-state index contributed by atoms with van der Waals surface area (Å²) < 4.78 is 0. The molecule has 4 nitrogen and oxygen atoms in total. The first-order chi connectivity index (χ1) is 8.96. The third-order valence-corrected chi connectivity index (χ3v) is 3.28. The van der Waals surface area contributed by atoms with E-state index in [4.69, 9.17) is 0 Å². The van der Waals surface area contributed by atoms with E-state index < -0.39 is 0 Å². The van der Waals surface area contributed by atoms with Gasteiger partial charge < -0.3 is 4.90 Å². The number of hydrogen-bond acceptors (Lipinski definition) is 3. The lowest BCUT2D eigenvalue weighted by atomic mass is 9.96. The fraction of sp³-hybridized carbons (Fsp3) is 0.600. The maximum atomic E-state index is 12.3. The van der Waals surface area contributed by atoms with Crippen LogP contribution in [0.2, 0.25) is 0 Å². The normalized spacial score (nSPS) is 17.5. The second kappa shape index (κ2) is 5.70. The van der Waals surface area contributed by atoms with Crippen molar-refractivity contribution in [1.82, 2.24) is 14.8 Å². The number of carbonyl (C=O) groups is 1. The van der Waals surface area contributed by atoms with Crippen LogP contribution in [-0.2, 0) is 0 Å². The van der Waals surface area contributed by atoms with Gasteiger partial charge in [0.25, 0.3) is 5.91 Å². The molecule has 1 aliphatic heterocycles. The zero-order chi connectivity index (χ0) is 13.9. The lowest BCUT2D eigenvalue weighted by Crippen LogP contribution is -2.50. The van der Waals surface area contributed by atoms with Crippen LogP contribution in [0.15, 0.2) is 24.5 Å². The third-order valence-electron chi connectivity index (χ3n) is 3.28. The van der Waals surface area contributed by atoms with Gasteiger partial charge in [0.2, 0.25) is 0 Å². The molecule has 1 fully saturated rings. The molecule has 0 radical (unpaired) electrons. The fourth-order valence-electron chi connectivity index (χ4n) is 2.46. The number of nitrogens with zero attached hydrogens (tertiary/aromatic N) is 3. The SMILES string of the molecule is CC(C)(C)CN1CCN(C(=O)c2ccncc2)CC1. The molecule has 0 aromatic carbocycles. The smallest absolute Gasteiger partial charge is 0.254 e. The first kappa shape index (κ1) is 14.0. The minimum atomic E-state index is 0.123. The Balaban J connectivity index is 1.88. The molecule has 0 aliphatic carbocycles. The maximum absolute atomic E-state index is 12.3. The molecular formula is C15H23N3O. The summed E-state index contributed by atoms with van der Waals surface area (Å²) in [6, 6.07) is 3.56. The largest absolute Gasteiger partial charge is 0.336 e. The van der Waals surface area contributed by atoms with Crippen LogP contribution in [0.25, 0.3) is 0 Å². The maximum Gasteiger partial charge on any atom is 0.254 e. The Morgan fingerprint density at radius 2 is 1.74 bits per heavy atom. The average molecular weight is 261 g/mol. The Bertz CT molecular complexity index is 417. The Labute approximate surface area is 115 Å². The van der Waals surface area contributed by atoms with Crippen molar-refractivity contribution in [1.29, 1.82) is 0 Å². The zero-order valence-electron chi connectivity index (χ0n) is 12.1. The van der Waals surface area contributed by atoms with Crippen LogP contribution in [0.1, 0.15) is 31.1 Å². The van der Waals surface area contributed by atoms with Crippen LogP contribution in [0, 0.1) is 5.41 Å². The zero-order valence-corrected chi connectivity index (χ0v) is 12.1. The molecule has 0 N–H and O–H groups in total. The first-order valence-electron chi connectivity index (χ1n) is 6.87. The summed E-state index contributed by atoms with van der Waals surface area (Å²) >= 11 is 0. The van der Waals surface area contributed by atoms with Gasteiger partial charge in [0.1, 0.15) is 0 Å². The number of piperazine rings is 1. The lowest BCUT2D eigenvalue weighted by molar-refractivity contribution is 0.0592. The van der Waals surface area contributed by atoms with Crippen molar-refractivity contribution in [3.05, 3.63) is 30.1 Å². The number of carbonyl (C=O) groups excluding carboxylic acids is 1. The van der Waals surface area contributed by atoms with Gasteiger partial charge in [-0.05, 0) is 17.5 Å². The van der Waals surface area contributed by atoms with Crippen molar-refractivity contribution in [2.75, 3.05) is 32.7 Å². The van der Waals surface area contributed by atoms with Gasteiger partial charge in [-0.3, -0.25) is 14.7 Å². The minimum absolute atomic E-state index is 0.123. The van der Waals surface area contributed by atoms with E-state index in [9.17, 15) is 4.79 Å². The molecule has 1 amide bonds. The van der Waals surface area contributed by atoms with E-state index >= 15 is 0 Å². The van der Waals surface area contributed by atoms with E-state index in [1.807, 2.05) is 4.90 Å². The quantitative estimate of drug-likeness (QED) is 0.815. The van der Waals surface area contributed by atoms with Crippen molar-refractivity contribution < 1.29 is 4.79 Å². The monoisotopic (exact) mass is 261 g/mol. The van der Waals surface area contributed by atoms with Crippen LogP contribution < -0.4 is 0 Å². The Hall–Kier alpha value is -1.42. The molecule has 1 aromatic rings. The number of hydrogen-bond donors (Lipinski definition) is 0. The predicted octanol–water partition coefficient (Wildman–Crippen LogP) is 1.89. The van der Waals surface area contributed by atoms with Gasteiger partial charge in [-0.15, -0.1) is 0 Å². The molecule has 0 bridgehead atoms. The van der Waals surface area contributed by atoms with Crippen LogP contribution in [0.3, 0.4) is 0 Å². The molecule has 2 rings (SSSR count). The molecule has 0 atom stereocenters. The molecule has 1 aromatic heterocycles. The second-order valence-electron chi connectivity index (χ2n) is 6.36. The summed E-state index contributed by atoms with van der Waals surface area (Å²) in [5.74, 6) is 0.123. The summed E-state index contributed by atoms with van der Waals surface area (Å²) in [6.07, 6.45) is 3.34. The Kier molecular flexibility index (Phi) is 4.20. The van der Waals surface area contributed by atoms with Gasteiger partial charge in [-0.2, -0.15) is 0 Å². The topological polar surface area (TPSA) is 36.4 Å². The molecule has 2 heterocycles. The highest BCUT2D eigenvalue weighted by Crippen LogP contribution is 2.17. The molecule has 4 heteroatoms. The van der Waals surface area contributed by atoms with Crippen molar-refractivity contribution in [2.45, 2.75) is 20.8 Å². The molecule has 1 saturated heterocycles. The average Bonchev–Trinajstić information content (AvgIpc) is 2.38. The van der Waals surface area contributed by atoms with E-state index in [0.717, 1.165) is 38.3 Å². The van der Waals surface area contributed by atoms with Crippen LogP contribution in [-0.4, -0.2) is 53.4 Å². The molecule has 19 heavy (non-hydrogen) atoms. The molecule has 0 unspecified atom stereocenters. The van der Waals surface area contributed by atoms with Crippen molar-refractivity contribution >= 4 is 5.91 Å². The van der Waals surface area contributed by atoms with Crippen molar-refractivity contribution in [3.8, 4) is 0 Å². The molecular weight excluding hydrogens is 238 g/mol. The van der Waals surface area contributed by atoms with Gasteiger partial charge in [0.15, 0.2) is 0 Å². The number of pyridine rings is 1. The van der Waals surface area contributed by atoms with E-state index in [1.165, 1.54) is 0 Å². The van der Waals surface area contributed by atoms with Crippen LogP contribution >= 0.6 is 0 Å². The van der Waals surface area contributed by atoms with Gasteiger partial charge in [-0.25, -0.2) is 0 Å². The van der Waals surface area contributed by atoms with E-state index in [1.54, 1.807) is 24.5 Å². The number of amides is 1.